The molecule has 0 aromatic heterocycles. The maximum atomic E-state index is 13.0. The van der Waals surface area contributed by atoms with Crippen molar-refractivity contribution in [3.8, 4) is 0 Å². The predicted octanol–water partition coefficient (Wildman–Crippen LogP) is 13.6. The van der Waals surface area contributed by atoms with Crippen molar-refractivity contribution in [2.45, 2.75) is 307 Å². The number of aliphatic hydroxyl groups is 5. The monoisotopic (exact) mass is 934 g/mol. The lowest BCUT2D eigenvalue weighted by molar-refractivity contribution is -0.302. The van der Waals surface area contributed by atoms with Gasteiger partial charge in [-0.3, -0.25) is 4.79 Å². The highest BCUT2D eigenvalue weighted by molar-refractivity contribution is 5.76. The number of hydrogen-bond donors (Lipinski definition) is 6. The van der Waals surface area contributed by atoms with Crippen LogP contribution >= 0.6 is 0 Å². The number of ether oxygens (including phenoxy) is 2. The van der Waals surface area contributed by atoms with Crippen molar-refractivity contribution < 1.29 is 39.8 Å². The minimum atomic E-state index is -1.56. The molecule has 66 heavy (non-hydrogen) atoms. The molecule has 0 bridgehead atoms. The molecule has 7 atom stereocenters. The molecule has 1 rings (SSSR count). The molecule has 0 spiro atoms. The Hall–Kier alpha value is -1.59. The fourth-order valence-corrected chi connectivity index (χ4v) is 9.06. The van der Waals surface area contributed by atoms with E-state index in [0.29, 0.717) is 12.8 Å². The van der Waals surface area contributed by atoms with Gasteiger partial charge in [0.25, 0.3) is 0 Å². The number of nitrogens with one attached hydrogen (secondary N) is 1. The minimum Gasteiger partial charge on any atom is -0.394 e. The maximum absolute atomic E-state index is 13.0. The van der Waals surface area contributed by atoms with Crippen LogP contribution in [0.4, 0.5) is 0 Å². The Morgan fingerprint density at radius 1 is 0.530 bits per heavy atom. The first kappa shape index (κ1) is 62.4. The molecule has 0 aliphatic carbocycles. The van der Waals surface area contributed by atoms with Crippen molar-refractivity contribution in [1.29, 1.82) is 0 Å². The Labute approximate surface area is 406 Å². The van der Waals surface area contributed by atoms with Gasteiger partial charge in [0.15, 0.2) is 6.29 Å². The lowest BCUT2D eigenvalue weighted by Crippen LogP contribution is -2.60. The molecule has 6 N–H and O–H groups in total. The highest BCUT2D eigenvalue weighted by Gasteiger charge is 2.44. The van der Waals surface area contributed by atoms with Gasteiger partial charge < -0.3 is 40.3 Å². The van der Waals surface area contributed by atoms with Gasteiger partial charge in [-0.05, 0) is 44.9 Å². The van der Waals surface area contributed by atoms with Gasteiger partial charge in [-0.2, -0.15) is 0 Å². The summed E-state index contributed by atoms with van der Waals surface area (Å²) >= 11 is 0. The number of rotatable bonds is 48. The largest absolute Gasteiger partial charge is 0.394 e. The molecular weight excluding hydrogens is 827 g/mol. The van der Waals surface area contributed by atoms with E-state index in [9.17, 15) is 30.3 Å². The molecule has 1 amide bonds. The van der Waals surface area contributed by atoms with Crippen LogP contribution < -0.4 is 5.32 Å². The minimum absolute atomic E-state index is 0.144. The fraction of sp³-hybridized carbons (Fsp3) is 0.877. The lowest BCUT2D eigenvalue weighted by Gasteiger charge is -2.40. The number of carbonyl (C=O) groups is 1. The number of allylic oxidation sites excluding steroid dienone is 6. The topological polar surface area (TPSA) is 149 Å². The van der Waals surface area contributed by atoms with E-state index in [1.165, 1.54) is 161 Å². The van der Waals surface area contributed by atoms with E-state index in [4.69, 9.17) is 9.47 Å². The zero-order valence-electron chi connectivity index (χ0n) is 43.0. The third kappa shape index (κ3) is 36.4. The molecule has 1 saturated heterocycles. The van der Waals surface area contributed by atoms with Crippen LogP contribution in [0.1, 0.15) is 264 Å². The lowest BCUT2D eigenvalue weighted by atomic mass is 9.99. The smallest absolute Gasteiger partial charge is 0.220 e. The van der Waals surface area contributed by atoms with Crippen molar-refractivity contribution in [2.24, 2.45) is 0 Å². The summed E-state index contributed by atoms with van der Waals surface area (Å²) in [7, 11) is 0. The molecule has 388 valence electrons. The van der Waals surface area contributed by atoms with Gasteiger partial charge in [0, 0.05) is 6.42 Å². The third-order valence-corrected chi connectivity index (χ3v) is 13.5. The maximum Gasteiger partial charge on any atom is 0.220 e. The molecule has 0 aromatic carbocycles. The highest BCUT2D eigenvalue weighted by Crippen LogP contribution is 2.23. The van der Waals surface area contributed by atoms with Crippen LogP contribution in [0.15, 0.2) is 36.5 Å². The van der Waals surface area contributed by atoms with Gasteiger partial charge in [0.1, 0.15) is 24.4 Å². The molecule has 0 radical (unpaired) electrons. The summed E-state index contributed by atoms with van der Waals surface area (Å²) in [6, 6.07) is -0.728. The summed E-state index contributed by atoms with van der Waals surface area (Å²) in [4.78, 5) is 13.0. The average Bonchev–Trinajstić information content (AvgIpc) is 3.32. The number of hydrogen-bond acceptors (Lipinski definition) is 8. The van der Waals surface area contributed by atoms with Gasteiger partial charge in [0.05, 0.1) is 25.4 Å². The van der Waals surface area contributed by atoms with E-state index < -0.39 is 49.5 Å². The molecule has 1 aliphatic heterocycles. The molecule has 0 saturated carbocycles. The number of carbonyl (C=O) groups excluding carboxylic acids is 1. The second-order valence-electron chi connectivity index (χ2n) is 19.7. The SMILES string of the molecule is CC/C=C\C/C=C\C/C=C\CCCCCCCC(=O)NC(COC1OC(CO)C(O)C(O)C1O)C(O)CCCCCCCCCCCCCCCCCCCCCCCCCCCCCC. The Balaban J connectivity index is 2.17. The Morgan fingerprint density at radius 3 is 1.39 bits per heavy atom. The van der Waals surface area contributed by atoms with Gasteiger partial charge in [0.2, 0.25) is 5.91 Å². The van der Waals surface area contributed by atoms with Crippen LogP contribution in [0.5, 0.6) is 0 Å². The van der Waals surface area contributed by atoms with Crippen LogP contribution in [0.3, 0.4) is 0 Å². The van der Waals surface area contributed by atoms with E-state index >= 15 is 0 Å². The zero-order valence-corrected chi connectivity index (χ0v) is 43.0. The summed E-state index contributed by atoms with van der Waals surface area (Å²) in [6.07, 6.45) is 53.2. The van der Waals surface area contributed by atoms with Crippen LogP contribution in [-0.2, 0) is 14.3 Å². The Kier molecular flexibility index (Phi) is 44.6. The van der Waals surface area contributed by atoms with Crippen LogP contribution in [0.25, 0.3) is 0 Å². The first-order chi connectivity index (χ1) is 32.3. The van der Waals surface area contributed by atoms with Gasteiger partial charge in [-0.25, -0.2) is 0 Å². The average molecular weight is 934 g/mol. The van der Waals surface area contributed by atoms with E-state index in [0.717, 1.165) is 77.0 Å². The molecule has 0 aromatic rings. The number of aliphatic hydroxyl groups excluding tert-OH is 5. The standard InChI is InChI=1S/C57H107NO8/c1-3-5-7-9-11-13-15-17-19-20-21-22-23-24-25-26-27-28-29-30-31-33-34-36-38-40-42-44-46-51(60)50(49-65-57-56(64)55(63)54(62)52(48-59)66-57)58-53(61)47-45-43-41-39-37-35-32-18-16-14-12-10-8-6-4-2/h6,8,12,14,18,32,50-52,54-57,59-60,62-64H,3-5,7,9-11,13,15-17,19-31,33-49H2,1-2H3,(H,58,61)/b8-6-,14-12-,32-18-. The highest BCUT2D eigenvalue weighted by atomic mass is 16.7. The van der Waals surface area contributed by atoms with Crippen LogP contribution in [0.2, 0.25) is 0 Å². The quantitative estimate of drug-likeness (QED) is 0.0261. The fourth-order valence-electron chi connectivity index (χ4n) is 9.06. The predicted molar refractivity (Wildman–Crippen MR) is 276 cm³/mol. The van der Waals surface area contributed by atoms with Gasteiger partial charge >= 0.3 is 0 Å². The molecule has 9 nitrogen and oxygen atoms in total. The zero-order chi connectivity index (χ0) is 48.0. The summed E-state index contributed by atoms with van der Waals surface area (Å²) in [5.41, 5.74) is 0. The number of amides is 1. The summed E-state index contributed by atoms with van der Waals surface area (Å²) in [5, 5.41) is 54.6. The van der Waals surface area contributed by atoms with E-state index in [1.807, 2.05) is 0 Å². The van der Waals surface area contributed by atoms with Crippen molar-refractivity contribution >= 4 is 5.91 Å². The molecule has 1 fully saturated rings. The first-order valence-corrected chi connectivity index (χ1v) is 28.2. The molecule has 9 heteroatoms. The van der Waals surface area contributed by atoms with Crippen molar-refractivity contribution in [1.82, 2.24) is 5.32 Å². The first-order valence-electron chi connectivity index (χ1n) is 28.2. The van der Waals surface area contributed by atoms with Crippen molar-refractivity contribution in [3.63, 3.8) is 0 Å². The normalized spacial score (nSPS) is 20.0. The third-order valence-electron chi connectivity index (χ3n) is 13.5. The van der Waals surface area contributed by atoms with E-state index in [2.05, 4.69) is 55.6 Å². The van der Waals surface area contributed by atoms with Gasteiger partial charge in [-0.1, -0.05) is 249 Å². The van der Waals surface area contributed by atoms with Crippen LogP contribution in [-0.4, -0.2) is 87.5 Å². The van der Waals surface area contributed by atoms with E-state index in [1.54, 1.807) is 0 Å². The van der Waals surface area contributed by atoms with Crippen LogP contribution in [0, 0.1) is 0 Å². The molecule has 1 heterocycles. The Bertz CT molecular complexity index is 1130. The van der Waals surface area contributed by atoms with E-state index in [-0.39, 0.29) is 12.5 Å². The molecular formula is C57H107NO8. The molecule has 7 unspecified atom stereocenters. The Morgan fingerprint density at radius 2 is 0.939 bits per heavy atom. The summed E-state index contributed by atoms with van der Waals surface area (Å²) < 4.78 is 11.3. The van der Waals surface area contributed by atoms with Crippen molar-refractivity contribution in [2.75, 3.05) is 13.2 Å². The molecule has 1 aliphatic rings. The van der Waals surface area contributed by atoms with Gasteiger partial charge in [-0.15, -0.1) is 0 Å². The number of unbranched alkanes of at least 4 members (excludes halogenated alkanes) is 32. The van der Waals surface area contributed by atoms with Crippen molar-refractivity contribution in [3.05, 3.63) is 36.5 Å². The summed E-state index contributed by atoms with van der Waals surface area (Å²) in [5.74, 6) is -0.159. The second kappa shape index (κ2) is 47.1. The summed E-state index contributed by atoms with van der Waals surface area (Å²) in [6.45, 7) is 3.74. The second-order valence-corrected chi connectivity index (χ2v) is 19.7.